The Hall–Kier alpha value is 0.573. The van der Waals surface area contributed by atoms with Crippen molar-refractivity contribution in [3.05, 3.63) is 24.9 Å². The van der Waals surface area contributed by atoms with Crippen molar-refractivity contribution in [1.82, 2.24) is 0 Å². The van der Waals surface area contributed by atoms with Crippen LogP contribution in [0.2, 0.25) is 22.2 Å². The van der Waals surface area contributed by atoms with Crippen LogP contribution in [0.5, 0.6) is 0 Å². The second-order valence-electron chi connectivity index (χ2n) is 7.99. The predicted octanol–water partition coefficient (Wildman–Crippen LogP) is 5.03. The summed E-state index contributed by atoms with van der Waals surface area (Å²) in [6, 6.07) is 0. The molecule has 141 valence electrons. The van der Waals surface area contributed by atoms with E-state index in [1.165, 1.54) is 6.32 Å². The van der Waals surface area contributed by atoms with Crippen molar-refractivity contribution >= 4 is 25.0 Å². The Labute approximate surface area is 171 Å². The van der Waals surface area contributed by atoms with Gasteiger partial charge >= 0.3 is 35.7 Å². The Morgan fingerprint density at radius 1 is 1.00 bits per heavy atom. The van der Waals surface area contributed by atoms with Gasteiger partial charge in [0, 0.05) is 0 Å². The number of rotatable bonds is 6. The minimum Gasteiger partial charge on any atom is -0.427 e. The molecule has 0 unspecified atom stereocenters. The maximum atomic E-state index is 7.05. The van der Waals surface area contributed by atoms with Gasteiger partial charge < -0.3 is 13.0 Å². The van der Waals surface area contributed by atoms with Crippen LogP contribution in [-0.4, -0.2) is 37.7 Å². The van der Waals surface area contributed by atoms with Crippen LogP contribution in [0.3, 0.4) is 0 Å². The average Bonchev–Trinajstić information content (AvgIpc) is 2.45. The van der Waals surface area contributed by atoms with Crippen molar-refractivity contribution in [2.45, 2.75) is 83.7 Å². The molecule has 0 aromatic rings. The Balaban J connectivity index is 0.00000576. The van der Waals surface area contributed by atoms with E-state index >= 15 is 0 Å². The molecule has 3 radical (unpaired) electrons. The Bertz CT molecular complexity index is 415. The van der Waals surface area contributed by atoms with Crippen molar-refractivity contribution < 1.29 is 31.5 Å². The van der Waals surface area contributed by atoms with Crippen LogP contribution in [0, 0.1) is 12.7 Å². The third-order valence-electron chi connectivity index (χ3n) is 5.05. The van der Waals surface area contributed by atoms with E-state index in [4.69, 9.17) is 20.8 Å². The molecule has 0 N–H and O–H groups in total. The second-order valence-corrected chi connectivity index (χ2v) is 16.8. The van der Waals surface area contributed by atoms with Crippen molar-refractivity contribution in [2.75, 3.05) is 6.61 Å². The number of hydrogen-bond donors (Lipinski definition) is 0. The maximum absolute atomic E-state index is 7.05. The molecule has 1 atom stereocenters. The van der Waals surface area contributed by atoms with E-state index in [9.17, 15) is 0 Å². The van der Waals surface area contributed by atoms with Crippen LogP contribution < -0.4 is 0 Å². The predicted molar refractivity (Wildman–Crippen MR) is 107 cm³/mol. The quantitative estimate of drug-likeness (QED) is 0.448. The van der Waals surface area contributed by atoms with Crippen LogP contribution in [-0.2, 0) is 31.5 Å². The molecule has 1 fully saturated rings. The molecule has 1 saturated heterocycles. The van der Waals surface area contributed by atoms with Gasteiger partial charge in [-0.15, -0.1) is 0 Å². The van der Waals surface area contributed by atoms with E-state index in [0.29, 0.717) is 28.8 Å². The summed E-state index contributed by atoms with van der Waals surface area (Å²) in [5.74, 6) is 0. The molecule has 0 aromatic heterocycles. The van der Waals surface area contributed by atoms with Crippen LogP contribution in [0.15, 0.2) is 12.2 Å². The third-order valence-corrected chi connectivity index (χ3v) is 15.3. The Kier molecular flexibility index (Phi) is 10.4. The SMILES string of the molecule is [B][CH-]C(=C)[C@@H]1[CH-]CO[Si](C(C)C)(C(C)C)O[Si](C(C)C)(C(C)C)O1.[V+2]. The molecule has 0 aromatic carbocycles. The minimum atomic E-state index is -2.55. The Morgan fingerprint density at radius 3 is 1.80 bits per heavy atom. The van der Waals surface area contributed by atoms with Crippen molar-refractivity contribution in [3.8, 4) is 0 Å². The zero-order valence-corrected chi connectivity index (χ0v) is 20.6. The summed E-state index contributed by atoms with van der Waals surface area (Å²) in [6.07, 6.45) is 3.35. The fraction of sp³-hybridized carbons (Fsp3) is 0.778. The molecule has 1 rings (SSSR count). The second kappa shape index (κ2) is 10.2. The molecule has 7 heteroatoms. The zero-order valence-electron chi connectivity index (χ0n) is 17.2. The van der Waals surface area contributed by atoms with E-state index in [1.54, 1.807) is 0 Å². The number of hydrogen-bond acceptors (Lipinski definition) is 3. The molecular weight excluding hydrogens is 382 g/mol. The summed E-state index contributed by atoms with van der Waals surface area (Å²) in [7, 11) is 0.726. The first kappa shape index (κ1) is 25.6. The normalized spacial score (nSPS) is 23.3. The fourth-order valence-corrected chi connectivity index (χ4v) is 14.6. The van der Waals surface area contributed by atoms with Crippen molar-refractivity contribution in [1.29, 1.82) is 0 Å². The van der Waals surface area contributed by atoms with Gasteiger partial charge in [0.2, 0.25) is 0 Å². The van der Waals surface area contributed by atoms with Crippen molar-refractivity contribution in [2.24, 2.45) is 0 Å². The zero-order chi connectivity index (χ0) is 18.7. The Morgan fingerprint density at radius 2 is 1.44 bits per heavy atom. The van der Waals surface area contributed by atoms with Gasteiger partial charge in [-0.3, -0.25) is 12.7 Å². The van der Waals surface area contributed by atoms with E-state index in [-0.39, 0.29) is 24.7 Å². The molecule has 1 aliphatic rings. The van der Waals surface area contributed by atoms with Gasteiger partial charge in [0.15, 0.2) is 0 Å². The summed E-state index contributed by atoms with van der Waals surface area (Å²) in [5, 5.41) is 0. The summed E-state index contributed by atoms with van der Waals surface area (Å²) >= 11 is 0. The first-order valence-corrected chi connectivity index (χ1v) is 13.1. The summed E-state index contributed by atoms with van der Waals surface area (Å²) in [6.45, 7) is 22.3. The summed E-state index contributed by atoms with van der Waals surface area (Å²) < 4.78 is 20.3. The molecule has 3 nitrogen and oxygen atoms in total. The molecule has 0 bridgehead atoms. The summed E-state index contributed by atoms with van der Waals surface area (Å²) in [4.78, 5) is 0. The smallest absolute Gasteiger partial charge is 0.427 e. The molecule has 1 heterocycles. The molecule has 1 aliphatic heterocycles. The molecule has 0 aliphatic carbocycles. The topological polar surface area (TPSA) is 27.7 Å². The van der Waals surface area contributed by atoms with Crippen LogP contribution in [0.1, 0.15) is 55.4 Å². The molecule has 0 spiro atoms. The van der Waals surface area contributed by atoms with Crippen LogP contribution in [0.25, 0.3) is 0 Å². The van der Waals surface area contributed by atoms with Gasteiger partial charge in [0.1, 0.15) is 0 Å². The van der Waals surface area contributed by atoms with E-state index in [1.807, 2.05) is 0 Å². The average molecular weight is 417 g/mol. The van der Waals surface area contributed by atoms with Gasteiger partial charge in [0.05, 0.1) is 0 Å². The molecule has 25 heavy (non-hydrogen) atoms. The third kappa shape index (κ3) is 5.31. The van der Waals surface area contributed by atoms with E-state index in [2.05, 4.69) is 68.4 Å². The standard InChI is InChI=1S/C18H35BO3Si2.V/c1-13(2)23(14(3)4)20-11-10-18(17(9)12-19)21-24(22-23,15(5)6)16(7)8;/h10,12-16,18H,9,11H2,1-8H3;/q-2;+2/t18-;/m0./s1. The van der Waals surface area contributed by atoms with Gasteiger partial charge in [-0.05, 0) is 30.0 Å². The minimum absolute atomic E-state index is 0. The van der Waals surface area contributed by atoms with Crippen molar-refractivity contribution in [3.63, 3.8) is 0 Å². The summed E-state index contributed by atoms with van der Waals surface area (Å²) in [5.41, 5.74) is 2.11. The monoisotopic (exact) mass is 417 g/mol. The van der Waals surface area contributed by atoms with Crippen LogP contribution >= 0.6 is 0 Å². The first-order chi connectivity index (χ1) is 11.0. The first-order valence-electron chi connectivity index (χ1n) is 9.12. The fourth-order valence-electron chi connectivity index (χ4n) is 3.55. The van der Waals surface area contributed by atoms with E-state index < -0.39 is 17.1 Å². The van der Waals surface area contributed by atoms with Crippen LogP contribution in [0.4, 0.5) is 0 Å². The largest absolute Gasteiger partial charge is 2.00 e. The maximum Gasteiger partial charge on any atom is 2.00 e. The molecule has 0 saturated carbocycles. The van der Waals surface area contributed by atoms with E-state index in [0.717, 1.165) is 5.57 Å². The molecular formula is C18H35BO3Si2V. The van der Waals surface area contributed by atoms with Gasteiger partial charge in [-0.25, -0.2) is 12.2 Å². The molecule has 0 amide bonds. The van der Waals surface area contributed by atoms with Gasteiger partial charge in [-0.1, -0.05) is 68.1 Å². The van der Waals surface area contributed by atoms with Gasteiger partial charge in [-0.2, -0.15) is 0 Å². The van der Waals surface area contributed by atoms with Gasteiger partial charge in [0.25, 0.3) is 0 Å².